The normalized spacial score (nSPS) is 10.9. The van der Waals surface area contributed by atoms with Gasteiger partial charge >= 0.3 is 7.12 Å². The topological polar surface area (TPSA) is 79.4 Å². The van der Waals surface area contributed by atoms with Crippen LogP contribution in [0, 0.1) is 6.92 Å². The summed E-state index contributed by atoms with van der Waals surface area (Å²) in [5.41, 5.74) is 1.33. The van der Waals surface area contributed by atoms with Crippen LogP contribution < -0.4 is 5.46 Å². The van der Waals surface area contributed by atoms with Crippen LogP contribution in [-0.4, -0.2) is 27.3 Å². The second-order valence-electron chi connectivity index (χ2n) is 4.33. The average molecular weight is 254 g/mol. The highest BCUT2D eigenvalue weighted by atomic mass is 16.5. The van der Waals surface area contributed by atoms with E-state index in [0.717, 1.165) is 16.3 Å². The minimum absolute atomic E-state index is 0.468. The Kier molecular flexibility index (Phi) is 2.81. The maximum absolute atomic E-state index is 9.14. The monoisotopic (exact) mass is 254 g/mol. The van der Waals surface area contributed by atoms with Gasteiger partial charge in [-0.25, -0.2) is 0 Å². The molecule has 0 saturated carbocycles. The van der Waals surface area contributed by atoms with E-state index >= 15 is 0 Å². The molecule has 0 aliphatic heterocycles. The van der Waals surface area contributed by atoms with Gasteiger partial charge in [0.1, 0.15) is 0 Å². The third kappa shape index (κ3) is 2.23. The van der Waals surface area contributed by atoms with E-state index in [-0.39, 0.29) is 0 Å². The molecule has 0 amide bonds. The Morgan fingerprint density at radius 1 is 1.05 bits per heavy atom. The summed E-state index contributed by atoms with van der Waals surface area (Å²) in [5.74, 6) is 1.07. The van der Waals surface area contributed by atoms with Gasteiger partial charge in [0.05, 0.1) is 0 Å². The predicted molar refractivity (Wildman–Crippen MR) is 71.8 cm³/mol. The molecule has 3 rings (SSSR count). The molecule has 19 heavy (non-hydrogen) atoms. The van der Waals surface area contributed by atoms with Gasteiger partial charge in [-0.2, -0.15) is 4.98 Å². The molecule has 0 spiro atoms. The quantitative estimate of drug-likeness (QED) is 0.663. The van der Waals surface area contributed by atoms with Gasteiger partial charge in [-0.05, 0) is 22.3 Å². The number of nitrogens with zero attached hydrogens (tertiary/aromatic N) is 2. The zero-order valence-electron chi connectivity index (χ0n) is 10.2. The second kappa shape index (κ2) is 4.49. The zero-order chi connectivity index (χ0) is 13.4. The first-order chi connectivity index (χ1) is 9.13. The Morgan fingerprint density at radius 2 is 1.79 bits per heavy atom. The van der Waals surface area contributed by atoms with Crippen molar-refractivity contribution < 1.29 is 14.6 Å². The van der Waals surface area contributed by atoms with E-state index in [1.54, 1.807) is 19.1 Å². The fraction of sp³-hybridized carbons (Fsp3) is 0.0769. The highest BCUT2D eigenvalue weighted by Gasteiger charge is 2.12. The minimum atomic E-state index is -1.45. The standard InChI is InChI=1S/C13H11BN2O3/c1-8-15-13(16-19-8)11-3-2-10-7-12(14(17)18)5-4-9(10)6-11/h2-7,17-18H,1H3. The van der Waals surface area contributed by atoms with E-state index in [1.165, 1.54) is 0 Å². The maximum Gasteiger partial charge on any atom is 0.488 e. The molecule has 0 bridgehead atoms. The predicted octanol–water partition coefficient (Wildman–Crippen LogP) is 0.878. The van der Waals surface area contributed by atoms with Gasteiger partial charge in [-0.1, -0.05) is 35.5 Å². The van der Waals surface area contributed by atoms with Crippen molar-refractivity contribution in [1.29, 1.82) is 0 Å². The lowest BCUT2D eigenvalue weighted by atomic mass is 9.79. The van der Waals surface area contributed by atoms with Crippen molar-refractivity contribution in [3.8, 4) is 11.4 Å². The molecule has 0 saturated heterocycles. The molecule has 1 aromatic heterocycles. The number of hydrogen-bond donors (Lipinski definition) is 2. The minimum Gasteiger partial charge on any atom is -0.423 e. The first-order valence-electron chi connectivity index (χ1n) is 5.84. The van der Waals surface area contributed by atoms with Crippen molar-refractivity contribution in [2.24, 2.45) is 0 Å². The molecule has 0 unspecified atom stereocenters. The van der Waals surface area contributed by atoms with Crippen LogP contribution in [-0.2, 0) is 0 Å². The van der Waals surface area contributed by atoms with E-state index in [0.29, 0.717) is 17.2 Å². The van der Waals surface area contributed by atoms with Crippen LogP contribution >= 0.6 is 0 Å². The average Bonchev–Trinajstić information content (AvgIpc) is 2.84. The lowest BCUT2D eigenvalue weighted by molar-refractivity contribution is 0.394. The van der Waals surface area contributed by atoms with E-state index in [9.17, 15) is 0 Å². The van der Waals surface area contributed by atoms with Gasteiger partial charge in [-0.15, -0.1) is 0 Å². The molecular formula is C13H11BN2O3. The molecular weight excluding hydrogens is 243 g/mol. The van der Waals surface area contributed by atoms with Crippen molar-refractivity contribution in [2.45, 2.75) is 6.92 Å². The first kappa shape index (κ1) is 11.9. The van der Waals surface area contributed by atoms with Crippen LogP contribution in [0.3, 0.4) is 0 Å². The zero-order valence-corrected chi connectivity index (χ0v) is 10.2. The molecule has 2 N–H and O–H groups in total. The van der Waals surface area contributed by atoms with E-state index in [4.69, 9.17) is 14.6 Å². The van der Waals surface area contributed by atoms with Crippen molar-refractivity contribution >= 4 is 23.4 Å². The van der Waals surface area contributed by atoms with Crippen LogP contribution in [0.15, 0.2) is 40.9 Å². The Hall–Kier alpha value is -2.18. The summed E-state index contributed by atoms with van der Waals surface area (Å²) in [6.45, 7) is 1.74. The fourth-order valence-electron chi connectivity index (χ4n) is 1.98. The summed E-state index contributed by atoms with van der Waals surface area (Å²) in [6.07, 6.45) is 0. The second-order valence-corrected chi connectivity index (χ2v) is 4.33. The van der Waals surface area contributed by atoms with Crippen molar-refractivity contribution in [3.63, 3.8) is 0 Å². The van der Waals surface area contributed by atoms with E-state index < -0.39 is 7.12 Å². The highest BCUT2D eigenvalue weighted by Crippen LogP contribution is 2.21. The van der Waals surface area contributed by atoms with Crippen molar-refractivity contribution in [1.82, 2.24) is 10.1 Å². The molecule has 94 valence electrons. The number of benzene rings is 2. The van der Waals surface area contributed by atoms with E-state index in [1.807, 2.05) is 24.3 Å². The summed E-state index contributed by atoms with van der Waals surface area (Å²) in [6, 6.07) is 11.0. The Balaban J connectivity index is 2.09. The van der Waals surface area contributed by atoms with Gasteiger partial charge in [0.15, 0.2) is 0 Å². The number of hydrogen-bond acceptors (Lipinski definition) is 5. The lowest BCUT2D eigenvalue weighted by Crippen LogP contribution is -2.29. The van der Waals surface area contributed by atoms with Gasteiger partial charge in [0.25, 0.3) is 0 Å². The van der Waals surface area contributed by atoms with Crippen LogP contribution in [0.1, 0.15) is 5.89 Å². The number of rotatable bonds is 2. The van der Waals surface area contributed by atoms with Gasteiger partial charge < -0.3 is 14.6 Å². The molecule has 6 heteroatoms. The number of aromatic nitrogens is 2. The summed E-state index contributed by atoms with van der Waals surface area (Å²) < 4.78 is 4.95. The summed E-state index contributed by atoms with van der Waals surface area (Å²) in [5, 5.41) is 24.1. The van der Waals surface area contributed by atoms with Crippen LogP contribution in [0.5, 0.6) is 0 Å². The number of fused-ring (bicyclic) bond motifs is 1. The maximum atomic E-state index is 9.14. The fourth-order valence-corrected chi connectivity index (χ4v) is 1.98. The molecule has 0 fully saturated rings. The third-order valence-corrected chi connectivity index (χ3v) is 2.95. The molecule has 0 radical (unpaired) electrons. The molecule has 3 aromatic rings. The first-order valence-corrected chi connectivity index (χ1v) is 5.84. The van der Waals surface area contributed by atoms with Crippen molar-refractivity contribution in [2.75, 3.05) is 0 Å². The van der Waals surface area contributed by atoms with Crippen LogP contribution in [0.2, 0.25) is 0 Å². The van der Waals surface area contributed by atoms with Crippen LogP contribution in [0.25, 0.3) is 22.2 Å². The summed E-state index contributed by atoms with van der Waals surface area (Å²) in [7, 11) is -1.45. The molecule has 0 aliphatic carbocycles. The number of aryl methyl sites for hydroxylation is 1. The highest BCUT2D eigenvalue weighted by molar-refractivity contribution is 6.58. The van der Waals surface area contributed by atoms with Gasteiger partial charge in [0, 0.05) is 12.5 Å². The Labute approximate surface area is 109 Å². The molecule has 2 aromatic carbocycles. The Bertz CT molecular complexity index is 740. The SMILES string of the molecule is Cc1nc(-c2ccc3cc(B(O)O)ccc3c2)no1. The molecule has 0 aliphatic rings. The lowest BCUT2D eigenvalue weighted by Gasteiger charge is -2.03. The van der Waals surface area contributed by atoms with Crippen LogP contribution in [0.4, 0.5) is 0 Å². The Morgan fingerprint density at radius 3 is 2.47 bits per heavy atom. The molecule has 5 nitrogen and oxygen atoms in total. The summed E-state index contributed by atoms with van der Waals surface area (Å²) >= 11 is 0. The largest absolute Gasteiger partial charge is 0.488 e. The van der Waals surface area contributed by atoms with Crippen molar-refractivity contribution in [3.05, 3.63) is 42.3 Å². The third-order valence-electron chi connectivity index (χ3n) is 2.95. The van der Waals surface area contributed by atoms with Gasteiger partial charge in [-0.3, -0.25) is 0 Å². The molecule has 0 atom stereocenters. The van der Waals surface area contributed by atoms with E-state index in [2.05, 4.69) is 10.1 Å². The smallest absolute Gasteiger partial charge is 0.423 e. The van der Waals surface area contributed by atoms with Gasteiger partial charge in [0.2, 0.25) is 11.7 Å². The summed E-state index contributed by atoms with van der Waals surface area (Å²) in [4.78, 5) is 4.18. The molecule has 1 heterocycles.